The largest absolute Gasteiger partial charge is 0.478 e. The average Bonchev–Trinajstić information content (AvgIpc) is 3.27. The molecule has 1 N–H and O–H groups in total. The molecule has 0 bridgehead atoms. The molecule has 0 amide bonds. The first-order chi connectivity index (χ1) is 12.6. The molecule has 0 fully saturated rings. The van der Waals surface area contributed by atoms with Crippen LogP contribution in [0.5, 0.6) is 11.5 Å². The summed E-state index contributed by atoms with van der Waals surface area (Å²) in [6.07, 6.45) is 2.06. The van der Waals surface area contributed by atoms with Gasteiger partial charge < -0.3 is 14.4 Å². The van der Waals surface area contributed by atoms with Crippen LogP contribution in [0.2, 0.25) is 5.02 Å². The van der Waals surface area contributed by atoms with Gasteiger partial charge in [-0.15, -0.1) is 0 Å². The van der Waals surface area contributed by atoms with E-state index in [1.807, 2.05) is 24.3 Å². The normalized spacial score (nSPS) is 11.0. The maximum Gasteiger partial charge on any atom is 0.335 e. The fourth-order valence-corrected chi connectivity index (χ4v) is 3.68. The quantitative estimate of drug-likeness (QED) is 0.467. The van der Waals surface area contributed by atoms with Crippen molar-refractivity contribution in [1.29, 1.82) is 0 Å². The molecule has 2 aromatic heterocycles. The number of thiophene rings is 1. The van der Waals surface area contributed by atoms with Gasteiger partial charge in [-0.3, -0.25) is 0 Å². The van der Waals surface area contributed by atoms with Gasteiger partial charge in [0.15, 0.2) is 0 Å². The van der Waals surface area contributed by atoms with Gasteiger partial charge in [0.05, 0.1) is 10.6 Å². The highest BCUT2D eigenvalue weighted by molar-refractivity contribution is 7.07. The van der Waals surface area contributed by atoms with Gasteiger partial charge in [-0.25, -0.2) is 4.79 Å². The lowest BCUT2D eigenvalue weighted by Crippen LogP contribution is -1.97. The first-order valence-electron chi connectivity index (χ1n) is 7.91. The number of benzene rings is 2. The van der Waals surface area contributed by atoms with Crippen LogP contribution in [0.25, 0.3) is 10.9 Å². The molecule has 4 nitrogen and oxygen atoms in total. The van der Waals surface area contributed by atoms with E-state index in [1.165, 1.54) is 17.7 Å². The van der Waals surface area contributed by atoms with Crippen LogP contribution in [0.1, 0.15) is 15.9 Å². The predicted molar refractivity (Wildman–Crippen MR) is 104 cm³/mol. The summed E-state index contributed by atoms with van der Waals surface area (Å²) in [5.74, 6) is 0.0521. The number of aromatic carboxylic acids is 1. The minimum Gasteiger partial charge on any atom is -0.478 e. The molecule has 0 atom stereocenters. The summed E-state index contributed by atoms with van der Waals surface area (Å²) in [5.41, 5.74) is 2.53. The van der Waals surface area contributed by atoms with Crippen LogP contribution < -0.4 is 4.74 Å². The van der Waals surface area contributed by atoms with E-state index in [0.29, 0.717) is 11.5 Å². The van der Waals surface area contributed by atoms with E-state index in [1.54, 1.807) is 17.4 Å². The van der Waals surface area contributed by atoms with Crippen LogP contribution in [0.15, 0.2) is 65.5 Å². The lowest BCUT2D eigenvalue weighted by atomic mass is 10.2. The maximum atomic E-state index is 11.0. The van der Waals surface area contributed by atoms with E-state index in [-0.39, 0.29) is 10.6 Å². The fraction of sp³-hybridized carbons (Fsp3) is 0.0500. The van der Waals surface area contributed by atoms with Crippen molar-refractivity contribution in [2.45, 2.75) is 6.54 Å². The van der Waals surface area contributed by atoms with Gasteiger partial charge in [0, 0.05) is 23.6 Å². The van der Waals surface area contributed by atoms with Crippen molar-refractivity contribution in [3.8, 4) is 11.5 Å². The van der Waals surface area contributed by atoms with Crippen molar-refractivity contribution in [3.63, 3.8) is 0 Å². The number of ether oxygens (including phenoxy) is 1. The number of aromatic nitrogens is 1. The molecule has 6 heteroatoms. The zero-order valence-electron chi connectivity index (χ0n) is 13.6. The SMILES string of the molecule is O=C(O)c1ccc(Oc2ccc3c(ccn3Cc3ccsc3)c2)c(Cl)c1. The number of halogens is 1. The summed E-state index contributed by atoms with van der Waals surface area (Å²) in [6.45, 7) is 0.829. The smallest absolute Gasteiger partial charge is 0.335 e. The zero-order chi connectivity index (χ0) is 18.1. The Morgan fingerprint density at radius 2 is 2.04 bits per heavy atom. The first-order valence-corrected chi connectivity index (χ1v) is 9.23. The second kappa shape index (κ2) is 6.86. The Hall–Kier alpha value is -2.76. The number of fused-ring (bicyclic) bond motifs is 1. The fourth-order valence-electron chi connectivity index (χ4n) is 2.80. The molecule has 0 saturated heterocycles. The highest BCUT2D eigenvalue weighted by atomic mass is 35.5. The molecule has 26 heavy (non-hydrogen) atoms. The van der Waals surface area contributed by atoms with E-state index in [0.717, 1.165) is 17.4 Å². The Balaban J connectivity index is 1.59. The van der Waals surface area contributed by atoms with Gasteiger partial charge in [0.25, 0.3) is 0 Å². The lowest BCUT2D eigenvalue weighted by Gasteiger charge is -2.09. The van der Waals surface area contributed by atoms with Crippen molar-refractivity contribution in [2.75, 3.05) is 0 Å². The number of rotatable bonds is 5. The topological polar surface area (TPSA) is 51.5 Å². The van der Waals surface area contributed by atoms with E-state index in [2.05, 4.69) is 27.6 Å². The van der Waals surface area contributed by atoms with Crippen LogP contribution >= 0.6 is 22.9 Å². The molecule has 0 saturated carbocycles. The Morgan fingerprint density at radius 1 is 1.15 bits per heavy atom. The predicted octanol–water partition coefficient (Wildman–Crippen LogP) is 5.90. The van der Waals surface area contributed by atoms with E-state index in [9.17, 15) is 4.79 Å². The third kappa shape index (κ3) is 3.31. The molecule has 0 spiro atoms. The maximum absolute atomic E-state index is 11.0. The number of carboxylic acid groups (broad SMARTS) is 1. The molecule has 2 heterocycles. The number of hydrogen-bond acceptors (Lipinski definition) is 3. The third-order valence-corrected chi connectivity index (χ3v) is 5.11. The minimum absolute atomic E-state index is 0.128. The summed E-state index contributed by atoms with van der Waals surface area (Å²) < 4.78 is 8.02. The Morgan fingerprint density at radius 3 is 2.77 bits per heavy atom. The molecule has 0 aliphatic carbocycles. The third-order valence-electron chi connectivity index (χ3n) is 4.08. The minimum atomic E-state index is -1.02. The van der Waals surface area contributed by atoms with E-state index >= 15 is 0 Å². The molecule has 0 unspecified atom stereocenters. The van der Waals surface area contributed by atoms with Crippen LogP contribution in [-0.4, -0.2) is 15.6 Å². The summed E-state index contributed by atoms with van der Waals surface area (Å²) in [4.78, 5) is 11.0. The standard InChI is InChI=1S/C20H14ClNO3S/c21-17-10-15(20(23)24)1-4-19(17)25-16-2-3-18-14(9-16)5-7-22(18)11-13-6-8-26-12-13/h1-10,12H,11H2,(H,23,24). The first kappa shape index (κ1) is 16.7. The summed E-state index contributed by atoms with van der Waals surface area (Å²) in [5, 5.41) is 14.6. The van der Waals surface area contributed by atoms with Crippen molar-refractivity contribution < 1.29 is 14.6 Å². The molecule has 0 aliphatic heterocycles. The molecular weight excluding hydrogens is 370 g/mol. The van der Waals surface area contributed by atoms with Crippen LogP contribution in [0.4, 0.5) is 0 Å². The second-order valence-corrected chi connectivity index (χ2v) is 7.04. The van der Waals surface area contributed by atoms with Crippen LogP contribution in [0, 0.1) is 0 Å². The molecular formula is C20H14ClNO3S. The van der Waals surface area contributed by atoms with Crippen LogP contribution in [-0.2, 0) is 6.54 Å². The summed E-state index contributed by atoms with van der Waals surface area (Å²) in [6, 6.07) is 14.4. The summed E-state index contributed by atoms with van der Waals surface area (Å²) in [7, 11) is 0. The van der Waals surface area contributed by atoms with Gasteiger partial charge in [-0.2, -0.15) is 11.3 Å². The molecule has 4 rings (SSSR count). The number of carbonyl (C=O) groups is 1. The summed E-state index contributed by atoms with van der Waals surface area (Å²) >= 11 is 7.83. The Kier molecular flexibility index (Phi) is 4.41. The number of nitrogens with zero attached hydrogens (tertiary/aromatic N) is 1. The van der Waals surface area contributed by atoms with Crippen molar-refractivity contribution in [1.82, 2.24) is 4.57 Å². The van der Waals surface area contributed by atoms with Gasteiger partial charge in [0.2, 0.25) is 0 Å². The Labute approximate surface area is 158 Å². The molecule has 2 aromatic carbocycles. The molecule has 130 valence electrons. The van der Waals surface area contributed by atoms with Crippen molar-refractivity contribution >= 4 is 39.8 Å². The van der Waals surface area contributed by atoms with Gasteiger partial charge in [0.1, 0.15) is 11.5 Å². The number of carboxylic acids is 1. The highest BCUT2D eigenvalue weighted by Gasteiger charge is 2.10. The highest BCUT2D eigenvalue weighted by Crippen LogP contribution is 2.32. The van der Waals surface area contributed by atoms with E-state index < -0.39 is 5.97 Å². The average molecular weight is 384 g/mol. The lowest BCUT2D eigenvalue weighted by molar-refractivity contribution is 0.0697. The zero-order valence-corrected chi connectivity index (χ0v) is 15.1. The molecule has 0 radical (unpaired) electrons. The van der Waals surface area contributed by atoms with Gasteiger partial charge in [-0.1, -0.05) is 11.6 Å². The van der Waals surface area contributed by atoms with Crippen LogP contribution in [0.3, 0.4) is 0 Å². The number of hydrogen-bond donors (Lipinski definition) is 1. The van der Waals surface area contributed by atoms with Gasteiger partial charge >= 0.3 is 5.97 Å². The second-order valence-electron chi connectivity index (χ2n) is 5.85. The van der Waals surface area contributed by atoms with Gasteiger partial charge in [-0.05, 0) is 64.9 Å². The van der Waals surface area contributed by atoms with Crippen molar-refractivity contribution in [2.24, 2.45) is 0 Å². The Bertz CT molecular complexity index is 1090. The monoisotopic (exact) mass is 383 g/mol. The van der Waals surface area contributed by atoms with Crippen molar-refractivity contribution in [3.05, 3.63) is 81.6 Å². The molecule has 4 aromatic rings. The van der Waals surface area contributed by atoms with E-state index in [4.69, 9.17) is 21.4 Å². The molecule has 0 aliphatic rings.